The molecule has 0 unspecified atom stereocenters. The number of aromatic nitrogens is 1. The van der Waals surface area contributed by atoms with Crippen molar-refractivity contribution in [1.82, 2.24) is 4.98 Å². The van der Waals surface area contributed by atoms with Gasteiger partial charge in [-0.2, -0.15) is 0 Å². The monoisotopic (exact) mass is 267 g/mol. The second-order valence-electron chi connectivity index (χ2n) is 3.02. The molecular weight excluding hydrogens is 259 g/mol. The van der Waals surface area contributed by atoms with Gasteiger partial charge in [0.05, 0.1) is 6.61 Å². The Labute approximate surface area is 101 Å². The van der Waals surface area contributed by atoms with Crippen molar-refractivity contribution < 1.29 is 22.7 Å². The van der Waals surface area contributed by atoms with Crippen molar-refractivity contribution in [3.8, 4) is 0 Å². The molecule has 17 heavy (non-hydrogen) atoms. The number of rotatable bonds is 4. The molecule has 0 aliphatic heterocycles. The van der Waals surface area contributed by atoms with Gasteiger partial charge >= 0.3 is 5.97 Å². The second kappa shape index (κ2) is 5.86. The molecule has 3 nitrogen and oxygen atoms in total. The van der Waals surface area contributed by atoms with Gasteiger partial charge in [0.1, 0.15) is 5.69 Å². The van der Waals surface area contributed by atoms with Gasteiger partial charge in [-0.15, -0.1) is 11.6 Å². The van der Waals surface area contributed by atoms with Crippen LogP contribution in [-0.4, -0.2) is 17.6 Å². The summed E-state index contributed by atoms with van der Waals surface area (Å²) in [5, 5.41) is 0. The van der Waals surface area contributed by atoms with E-state index in [1.54, 1.807) is 0 Å². The summed E-state index contributed by atoms with van der Waals surface area (Å²) in [5.41, 5.74) is -1.60. The maximum absolute atomic E-state index is 13.4. The summed E-state index contributed by atoms with van der Waals surface area (Å²) in [4.78, 5) is 14.5. The van der Waals surface area contributed by atoms with E-state index in [9.17, 15) is 18.0 Å². The quantitative estimate of drug-likeness (QED) is 0.622. The zero-order valence-electron chi connectivity index (χ0n) is 8.84. The molecular formula is C10H9ClF3NO2. The highest BCUT2D eigenvalue weighted by Gasteiger charge is 2.22. The Hall–Kier alpha value is -1.30. The molecule has 0 fully saturated rings. The maximum atomic E-state index is 13.4. The molecule has 0 aromatic carbocycles. The highest BCUT2D eigenvalue weighted by molar-refractivity contribution is 6.17. The third kappa shape index (κ3) is 3.09. The predicted octanol–water partition coefficient (Wildman–Crippen LogP) is 3.07. The Kier molecular flexibility index (Phi) is 4.74. The summed E-state index contributed by atoms with van der Waals surface area (Å²) in [6.07, 6.45) is -2.93. The molecule has 0 aliphatic carbocycles. The van der Waals surface area contributed by atoms with E-state index in [-0.39, 0.29) is 18.1 Å². The lowest BCUT2D eigenvalue weighted by Gasteiger charge is -2.08. The first-order valence-corrected chi connectivity index (χ1v) is 5.25. The van der Waals surface area contributed by atoms with Crippen LogP contribution in [-0.2, 0) is 10.6 Å². The maximum Gasteiger partial charge on any atom is 0.360 e. The lowest BCUT2D eigenvalue weighted by atomic mass is 10.2. The van der Waals surface area contributed by atoms with Crippen LogP contribution in [0.4, 0.5) is 13.2 Å². The van der Waals surface area contributed by atoms with E-state index >= 15 is 0 Å². The number of carbonyl (C=O) groups excluding carboxylic acids is 1. The molecule has 0 N–H and O–H groups in total. The predicted molar refractivity (Wildman–Crippen MR) is 54.7 cm³/mol. The number of alkyl halides is 3. The normalized spacial score (nSPS) is 10.7. The molecule has 0 radical (unpaired) electrons. The van der Waals surface area contributed by atoms with Gasteiger partial charge < -0.3 is 4.74 Å². The average molecular weight is 268 g/mol. The van der Waals surface area contributed by atoms with Crippen LogP contribution in [0.1, 0.15) is 35.1 Å². The van der Waals surface area contributed by atoms with Crippen molar-refractivity contribution >= 4 is 17.6 Å². The Morgan fingerprint density at radius 1 is 1.59 bits per heavy atom. The van der Waals surface area contributed by atoms with Crippen LogP contribution in [0.25, 0.3) is 0 Å². The molecule has 0 atom stereocenters. The van der Waals surface area contributed by atoms with E-state index in [2.05, 4.69) is 9.72 Å². The summed E-state index contributed by atoms with van der Waals surface area (Å²) >= 11 is 5.39. The van der Waals surface area contributed by atoms with E-state index in [0.717, 1.165) is 6.07 Å². The smallest absolute Gasteiger partial charge is 0.360 e. The molecule has 1 aromatic heterocycles. The van der Waals surface area contributed by atoms with E-state index in [4.69, 9.17) is 11.6 Å². The van der Waals surface area contributed by atoms with Crippen LogP contribution in [0.15, 0.2) is 6.07 Å². The van der Waals surface area contributed by atoms with Gasteiger partial charge in [-0.3, -0.25) is 0 Å². The first-order chi connectivity index (χ1) is 8.01. The number of pyridine rings is 1. The van der Waals surface area contributed by atoms with Crippen molar-refractivity contribution in [2.24, 2.45) is 0 Å². The van der Waals surface area contributed by atoms with Gasteiger partial charge in [0, 0.05) is 5.88 Å². The molecule has 0 spiro atoms. The average Bonchev–Trinajstić information content (AvgIpc) is 2.28. The van der Waals surface area contributed by atoms with Crippen molar-refractivity contribution in [2.75, 3.05) is 6.61 Å². The van der Waals surface area contributed by atoms with Crippen molar-refractivity contribution in [3.63, 3.8) is 0 Å². The fourth-order valence-corrected chi connectivity index (χ4v) is 1.39. The molecule has 0 amide bonds. The fraction of sp³-hybridized carbons (Fsp3) is 0.400. The lowest BCUT2D eigenvalue weighted by Crippen LogP contribution is -2.13. The van der Waals surface area contributed by atoms with Crippen LogP contribution in [0.2, 0.25) is 0 Å². The molecule has 1 heterocycles. The molecule has 1 rings (SSSR count). The van der Waals surface area contributed by atoms with Gasteiger partial charge in [-0.05, 0) is 18.6 Å². The van der Waals surface area contributed by atoms with E-state index in [1.807, 2.05) is 0 Å². The van der Waals surface area contributed by atoms with Crippen molar-refractivity contribution in [2.45, 2.75) is 19.2 Å². The first-order valence-electron chi connectivity index (χ1n) is 4.71. The van der Waals surface area contributed by atoms with E-state index in [0.29, 0.717) is 0 Å². The Morgan fingerprint density at radius 3 is 2.71 bits per heavy atom. The van der Waals surface area contributed by atoms with Crippen LogP contribution >= 0.6 is 11.6 Å². The Balaban J connectivity index is 3.24. The summed E-state index contributed by atoms with van der Waals surface area (Å²) in [6.45, 7) is 1.51. The highest BCUT2D eigenvalue weighted by atomic mass is 35.5. The Bertz CT molecular complexity index is 426. The van der Waals surface area contributed by atoms with Crippen molar-refractivity contribution in [3.05, 3.63) is 28.8 Å². The zero-order chi connectivity index (χ0) is 13.0. The third-order valence-corrected chi connectivity index (χ3v) is 2.20. The number of hydrogen-bond acceptors (Lipinski definition) is 3. The SMILES string of the molecule is CCOC(=O)c1nc(C(F)F)c(CCl)cc1F. The number of hydrogen-bond donors (Lipinski definition) is 0. The number of nitrogens with zero attached hydrogens (tertiary/aromatic N) is 1. The van der Waals surface area contributed by atoms with E-state index in [1.165, 1.54) is 6.92 Å². The standard InChI is InChI=1S/C10H9ClF3NO2/c1-2-17-10(16)8-6(12)3-5(4-11)7(15-8)9(13)14/h3,9H,2,4H2,1H3. The molecule has 0 bridgehead atoms. The summed E-state index contributed by atoms with van der Waals surface area (Å²) < 4.78 is 43.0. The van der Waals surface area contributed by atoms with Crippen molar-refractivity contribution in [1.29, 1.82) is 0 Å². The third-order valence-electron chi connectivity index (χ3n) is 1.91. The topological polar surface area (TPSA) is 39.2 Å². The van der Waals surface area contributed by atoms with Gasteiger partial charge in [0.25, 0.3) is 6.43 Å². The van der Waals surface area contributed by atoms with Gasteiger partial charge in [0.15, 0.2) is 11.5 Å². The number of halogens is 4. The molecule has 0 saturated carbocycles. The number of esters is 1. The van der Waals surface area contributed by atoms with Gasteiger partial charge in [0.2, 0.25) is 0 Å². The van der Waals surface area contributed by atoms with Crippen LogP contribution < -0.4 is 0 Å². The zero-order valence-corrected chi connectivity index (χ0v) is 9.60. The fourth-order valence-electron chi connectivity index (χ4n) is 1.18. The second-order valence-corrected chi connectivity index (χ2v) is 3.29. The number of carbonyl (C=O) groups is 1. The molecule has 94 valence electrons. The van der Waals surface area contributed by atoms with Crippen LogP contribution in [0, 0.1) is 5.82 Å². The summed E-state index contributed by atoms with van der Waals surface area (Å²) in [6, 6.07) is 0.772. The molecule has 0 saturated heterocycles. The first kappa shape index (κ1) is 13.8. The minimum atomic E-state index is -2.93. The molecule has 7 heteroatoms. The summed E-state index contributed by atoms with van der Waals surface area (Å²) in [7, 11) is 0. The Morgan fingerprint density at radius 2 is 2.24 bits per heavy atom. The molecule has 0 aliphatic rings. The minimum absolute atomic E-state index is 0.00121. The lowest BCUT2D eigenvalue weighted by molar-refractivity contribution is 0.0511. The number of ether oxygens (including phenoxy) is 1. The van der Waals surface area contributed by atoms with Gasteiger partial charge in [-0.25, -0.2) is 22.9 Å². The van der Waals surface area contributed by atoms with Crippen LogP contribution in [0.3, 0.4) is 0 Å². The van der Waals surface area contributed by atoms with Gasteiger partial charge in [-0.1, -0.05) is 0 Å². The molecule has 1 aromatic rings. The van der Waals surface area contributed by atoms with Crippen LogP contribution in [0.5, 0.6) is 0 Å². The largest absolute Gasteiger partial charge is 0.461 e. The van der Waals surface area contributed by atoms with E-state index < -0.39 is 29.6 Å². The minimum Gasteiger partial charge on any atom is -0.461 e. The highest BCUT2D eigenvalue weighted by Crippen LogP contribution is 2.24. The summed E-state index contributed by atoms with van der Waals surface area (Å²) in [5.74, 6) is -2.41.